The standard InChI is InChI=1S/C11H15N3/c1-8-3-4-10-6-13-14(7-9(2)12)11(10)5-8/h3-6,9H,7,12H2,1-2H3. The quantitative estimate of drug-likeness (QED) is 0.781. The van der Waals surface area contributed by atoms with E-state index in [1.54, 1.807) is 0 Å². The maximum atomic E-state index is 5.75. The molecule has 3 heteroatoms. The SMILES string of the molecule is Cc1ccc2cnn(CC(C)N)c2c1. The fourth-order valence-corrected chi connectivity index (χ4v) is 1.60. The number of aromatic nitrogens is 2. The van der Waals surface area contributed by atoms with Crippen molar-refractivity contribution in [3.8, 4) is 0 Å². The zero-order valence-electron chi connectivity index (χ0n) is 8.57. The van der Waals surface area contributed by atoms with Crippen LogP contribution in [0, 0.1) is 6.92 Å². The highest BCUT2D eigenvalue weighted by Crippen LogP contribution is 2.15. The summed E-state index contributed by atoms with van der Waals surface area (Å²) in [5.74, 6) is 0. The van der Waals surface area contributed by atoms with Crippen molar-refractivity contribution in [3.05, 3.63) is 30.0 Å². The molecular weight excluding hydrogens is 174 g/mol. The molecule has 1 aromatic carbocycles. The highest BCUT2D eigenvalue weighted by molar-refractivity contribution is 5.79. The molecule has 0 spiro atoms. The summed E-state index contributed by atoms with van der Waals surface area (Å²) in [5.41, 5.74) is 8.17. The Bertz CT molecular complexity index is 443. The largest absolute Gasteiger partial charge is 0.326 e. The van der Waals surface area contributed by atoms with Crippen LogP contribution in [0.15, 0.2) is 24.4 Å². The number of hydrogen-bond donors (Lipinski definition) is 1. The van der Waals surface area contributed by atoms with Gasteiger partial charge in [0.05, 0.1) is 18.3 Å². The van der Waals surface area contributed by atoms with Crippen molar-refractivity contribution in [1.82, 2.24) is 9.78 Å². The normalized spacial score (nSPS) is 13.4. The Morgan fingerprint density at radius 3 is 3.00 bits per heavy atom. The monoisotopic (exact) mass is 189 g/mol. The van der Waals surface area contributed by atoms with E-state index in [2.05, 4.69) is 30.2 Å². The van der Waals surface area contributed by atoms with Crippen LogP contribution in [0.5, 0.6) is 0 Å². The lowest BCUT2D eigenvalue weighted by molar-refractivity contribution is 0.553. The molecule has 1 aromatic heterocycles. The Morgan fingerprint density at radius 1 is 1.50 bits per heavy atom. The molecule has 0 saturated heterocycles. The third kappa shape index (κ3) is 1.63. The van der Waals surface area contributed by atoms with Gasteiger partial charge >= 0.3 is 0 Å². The van der Waals surface area contributed by atoms with E-state index in [9.17, 15) is 0 Å². The molecule has 2 N–H and O–H groups in total. The molecule has 0 radical (unpaired) electrons. The average Bonchev–Trinajstić information content (AvgIpc) is 2.47. The topological polar surface area (TPSA) is 43.8 Å². The molecular formula is C11H15N3. The van der Waals surface area contributed by atoms with Gasteiger partial charge in [0.15, 0.2) is 0 Å². The van der Waals surface area contributed by atoms with Gasteiger partial charge in [-0.2, -0.15) is 5.10 Å². The van der Waals surface area contributed by atoms with Crippen LogP contribution >= 0.6 is 0 Å². The van der Waals surface area contributed by atoms with Gasteiger partial charge in [0, 0.05) is 11.4 Å². The summed E-state index contributed by atoms with van der Waals surface area (Å²) < 4.78 is 1.97. The molecule has 1 heterocycles. The van der Waals surface area contributed by atoms with E-state index in [1.165, 1.54) is 16.5 Å². The maximum absolute atomic E-state index is 5.75. The van der Waals surface area contributed by atoms with Gasteiger partial charge in [-0.15, -0.1) is 0 Å². The Hall–Kier alpha value is -1.35. The summed E-state index contributed by atoms with van der Waals surface area (Å²) in [6.45, 7) is 4.85. The van der Waals surface area contributed by atoms with Gasteiger partial charge in [0.25, 0.3) is 0 Å². The highest BCUT2D eigenvalue weighted by Gasteiger charge is 2.03. The zero-order valence-corrected chi connectivity index (χ0v) is 8.57. The van der Waals surface area contributed by atoms with E-state index in [1.807, 2.05) is 17.8 Å². The van der Waals surface area contributed by atoms with Crippen molar-refractivity contribution in [2.45, 2.75) is 26.4 Å². The Morgan fingerprint density at radius 2 is 2.29 bits per heavy atom. The molecule has 14 heavy (non-hydrogen) atoms. The highest BCUT2D eigenvalue weighted by atomic mass is 15.3. The van der Waals surface area contributed by atoms with Crippen molar-refractivity contribution < 1.29 is 0 Å². The third-order valence-electron chi connectivity index (χ3n) is 2.26. The van der Waals surface area contributed by atoms with Gasteiger partial charge in [-0.25, -0.2) is 0 Å². The van der Waals surface area contributed by atoms with Crippen LogP contribution in [0.4, 0.5) is 0 Å². The predicted molar refractivity (Wildman–Crippen MR) is 58.1 cm³/mol. The third-order valence-corrected chi connectivity index (χ3v) is 2.26. The number of aryl methyl sites for hydroxylation is 1. The lowest BCUT2D eigenvalue weighted by Gasteiger charge is -2.06. The molecule has 0 saturated carbocycles. The lowest BCUT2D eigenvalue weighted by atomic mass is 10.2. The number of fused-ring (bicyclic) bond motifs is 1. The molecule has 0 aliphatic rings. The number of nitrogens with two attached hydrogens (primary N) is 1. The van der Waals surface area contributed by atoms with Crippen LogP contribution in [0.1, 0.15) is 12.5 Å². The van der Waals surface area contributed by atoms with Gasteiger partial charge < -0.3 is 5.73 Å². The van der Waals surface area contributed by atoms with Crippen LogP contribution in [-0.2, 0) is 6.54 Å². The molecule has 0 amide bonds. The van der Waals surface area contributed by atoms with E-state index in [0.717, 1.165) is 6.54 Å². The number of nitrogens with zero attached hydrogens (tertiary/aromatic N) is 2. The molecule has 0 bridgehead atoms. The van der Waals surface area contributed by atoms with E-state index < -0.39 is 0 Å². The second-order valence-corrected chi connectivity index (χ2v) is 3.87. The Labute approximate surface area is 83.5 Å². The molecule has 0 fully saturated rings. The van der Waals surface area contributed by atoms with Crippen molar-refractivity contribution in [2.75, 3.05) is 0 Å². The number of hydrogen-bond acceptors (Lipinski definition) is 2. The smallest absolute Gasteiger partial charge is 0.0685 e. The number of benzene rings is 1. The van der Waals surface area contributed by atoms with Crippen LogP contribution in [0.2, 0.25) is 0 Å². The summed E-state index contributed by atoms with van der Waals surface area (Å²) in [6, 6.07) is 6.47. The average molecular weight is 189 g/mol. The van der Waals surface area contributed by atoms with E-state index in [0.29, 0.717) is 0 Å². The van der Waals surface area contributed by atoms with Gasteiger partial charge in [0.1, 0.15) is 0 Å². The first-order chi connectivity index (χ1) is 6.66. The van der Waals surface area contributed by atoms with Crippen LogP contribution in [-0.4, -0.2) is 15.8 Å². The van der Waals surface area contributed by atoms with Gasteiger partial charge in [-0.3, -0.25) is 4.68 Å². The summed E-state index contributed by atoms with van der Waals surface area (Å²) in [7, 11) is 0. The van der Waals surface area contributed by atoms with Gasteiger partial charge in [-0.05, 0) is 25.5 Å². The van der Waals surface area contributed by atoms with Crippen LogP contribution < -0.4 is 5.73 Å². The Balaban J connectivity index is 2.50. The minimum Gasteiger partial charge on any atom is -0.326 e. The predicted octanol–water partition coefficient (Wildman–Crippen LogP) is 1.69. The fraction of sp³-hybridized carbons (Fsp3) is 0.364. The summed E-state index contributed by atoms with van der Waals surface area (Å²) in [6.07, 6.45) is 1.89. The molecule has 1 atom stereocenters. The van der Waals surface area contributed by atoms with Crippen molar-refractivity contribution in [1.29, 1.82) is 0 Å². The molecule has 3 nitrogen and oxygen atoms in total. The van der Waals surface area contributed by atoms with E-state index >= 15 is 0 Å². The van der Waals surface area contributed by atoms with Gasteiger partial charge in [-0.1, -0.05) is 12.1 Å². The molecule has 0 aliphatic carbocycles. The summed E-state index contributed by atoms with van der Waals surface area (Å²) >= 11 is 0. The second-order valence-electron chi connectivity index (χ2n) is 3.87. The van der Waals surface area contributed by atoms with E-state index in [4.69, 9.17) is 5.73 Å². The fourth-order valence-electron chi connectivity index (χ4n) is 1.60. The minimum atomic E-state index is 0.138. The first-order valence-corrected chi connectivity index (χ1v) is 4.84. The first-order valence-electron chi connectivity index (χ1n) is 4.84. The van der Waals surface area contributed by atoms with Crippen LogP contribution in [0.25, 0.3) is 10.9 Å². The second kappa shape index (κ2) is 3.42. The van der Waals surface area contributed by atoms with Crippen molar-refractivity contribution >= 4 is 10.9 Å². The lowest BCUT2D eigenvalue weighted by Crippen LogP contribution is -2.22. The van der Waals surface area contributed by atoms with Crippen LogP contribution in [0.3, 0.4) is 0 Å². The summed E-state index contributed by atoms with van der Waals surface area (Å²) in [4.78, 5) is 0. The van der Waals surface area contributed by atoms with Crippen molar-refractivity contribution in [3.63, 3.8) is 0 Å². The molecule has 2 aromatic rings. The Kier molecular flexibility index (Phi) is 2.25. The zero-order chi connectivity index (χ0) is 10.1. The molecule has 74 valence electrons. The van der Waals surface area contributed by atoms with Gasteiger partial charge in [0.2, 0.25) is 0 Å². The molecule has 1 unspecified atom stereocenters. The maximum Gasteiger partial charge on any atom is 0.0685 e. The number of rotatable bonds is 2. The minimum absolute atomic E-state index is 0.138. The molecule has 2 rings (SSSR count). The first kappa shape index (κ1) is 9.21. The molecule has 0 aliphatic heterocycles. The van der Waals surface area contributed by atoms with E-state index in [-0.39, 0.29) is 6.04 Å². The summed E-state index contributed by atoms with van der Waals surface area (Å²) in [5, 5.41) is 5.49. The van der Waals surface area contributed by atoms with Crippen molar-refractivity contribution in [2.24, 2.45) is 5.73 Å².